The second-order valence-electron chi connectivity index (χ2n) is 5.24. The summed E-state index contributed by atoms with van der Waals surface area (Å²) in [4.78, 5) is 23.3. The summed E-state index contributed by atoms with van der Waals surface area (Å²) in [5.41, 5.74) is -1.11. The molecule has 0 spiro atoms. The third-order valence-corrected chi connectivity index (χ3v) is 3.93. The van der Waals surface area contributed by atoms with E-state index in [0.717, 1.165) is 12.8 Å². The number of amides is 1. The molecule has 3 atom stereocenters. The molecule has 1 aliphatic heterocycles. The summed E-state index contributed by atoms with van der Waals surface area (Å²) in [7, 11) is 0. The van der Waals surface area contributed by atoms with Gasteiger partial charge in [-0.3, -0.25) is 4.79 Å². The van der Waals surface area contributed by atoms with Gasteiger partial charge in [-0.25, -0.2) is 4.79 Å². The molecule has 2 N–H and O–H groups in total. The number of aliphatic carboxylic acids is 1. The lowest BCUT2D eigenvalue weighted by Crippen LogP contribution is -2.56. The van der Waals surface area contributed by atoms with Crippen molar-refractivity contribution in [1.29, 1.82) is 0 Å². The van der Waals surface area contributed by atoms with Gasteiger partial charge in [0.15, 0.2) is 0 Å². The van der Waals surface area contributed by atoms with Crippen LogP contribution < -0.4 is 5.32 Å². The maximum absolute atomic E-state index is 12.1. The lowest BCUT2D eigenvalue weighted by Gasteiger charge is -2.28. The summed E-state index contributed by atoms with van der Waals surface area (Å²) in [6, 6.07) is 0. The van der Waals surface area contributed by atoms with Gasteiger partial charge in [0.05, 0.1) is 12.0 Å². The number of carbonyl (C=O) groups is 2. The Morgan fingerprint density at radius 2 is 2.00 bits per heavy atom. The number of rotatable bonds is 4. The van der Waals surface area contributed by atoms with Crippen molar-refractivity contribution >= 4 is 11.9 Å². The summed E-state index contributed by atoms with van der Waals surface area (Å²) < 4.78 is 5.33. The summed E-state index contributed by atoms with van der Waals surface area (Å²) in [5, 5.41) is 12.0. The predicted octanol–water partition coefficient (Wildman–Crippen LogP) is 0.781. The largest absolute Gasteiger partial charge is 0.480 e. The molecular formula is C12H19NO4. The van der Waals surface area contributed by atoms with Crippen LogP contribution in [0.5, 0.6) is 0 Å². The van der Waals surface area contributed by atoms with Gasteiger partial charge >= 0.3 is 5.97 Å². The Labute approximate surface area is 101 Å². The molecule has 96 valence electrons. The van der Waals surface area contributed by atoms with E-state index < -0.39 is 11.5 Å². The SMILES string of the molecule is CC1OCCC1C(=O)NC(C)(C(=O)O)C1CC1. The van der Waals surface area contributed by atoms with Gasteiger partial charge in [0.2, 0.25) is 5.91 Å². The van der Waals surface area contributed by atoms with Crippen molar-refractivity contribution in [2.75, 3.05) is 6.61 Å². The molecular weight excluding hydrogens is 222 g/mol. The minimum atomic E-state index is -1.11. The highest BCUT2D eigenvalue weighted by atomic mass is 16.5. The highest BCUT2D eigenvalue weighted by Gasteiger charge is 2.49. The molecule has 5 heteroatoms. The maximum Gasteiger partial charge on any atom is 0.329 e. The van der Waals surface area contributed by atoms with Crippen LogP contribution in [0, 0.1) is 11.8 Å². The first-order chi connectivity index (χ1) is 7.95. The molecule has 0 aromatic carbocycles. The smallest absolute Gasteiger partial charge is 0.329 e. The first kappa shape index (κ1) is 12.4. The lowest BCUT2D eigenvalue weighted by atomic mass is 9.93. The number of hydrogen-bond donors (Lipinski definition) is 2. The van der Waals surface area contributed by atoms with Crippen LogP contribution in [-0.4, -0.2) is 35.2 Å². The fourth-order valence-corrected chi connectivity index (χ4v) is 2.42. The van der Waals surface area contributed by atoms with Gasteiger partial charge in [0.1, 0.15) is 5.54 Å². The lowest BCUT2D eigenvalue weighted by molar-refractivity contribution is -0.148. The molecule has 3 unspecified atom stereocenters. The molecule has 0 aromatic heterocycles. The van der Waals surface area contributed by atoms with Crippen molar-refractivity contribution in [3.05, 3.63) is 0 Å². The minimum absolute atomic E-state index is 0.0709. The number of hydrogen-bond acceptors (Lipinski definition) is 3. The van der Waals surface area contributed by atoms with E-state index in [4.69, 9.17) is 4.74 Å². The molecule has 2 fully saturated rings. The van der Waals surface area contributed by atoms with Gasteiger partial charge in [0.25, 0.3) is 0 Å². The Morgan fingerprint density at radius 3 is 2.41 bits per heavy atom. The van der Waals surface area contributed by atoms with Crippen LogP contribution in [0.1, 0.15) is 33.1 Å². The van der Waals surface area contributed by atoms with Gasteiger partial charge in [-0.05, 0) is 39.0 Å². The fourth-order valence-electron chi connectivity index (χ4n) is 2.42. The zero-order valence-corrected chi connectivity index (χ0v) is 10.2. The molecule has 0 radical (unpaired) electrons. The number of nitrogens with one attached hydrogen (secondary N) is 1. The molecule has 1 saturated heterocycles. The highest BCUT2D eigenvalue weighted by Crippen LogP contribution is 2.40. The second kappa shape index (κ2) is 4.29. The Balaban J connectivity index is 2.03. The normalized spacial score (nSPS) is 31.9. The monoisotopic (exact) mass is 241 g/mol. The van der Waals surface area contributed by atoms with Crippen molar-refractivity contribution < 1.29 is 19.4 Å². The van der Waals surface area contributed by atoms with E-state index in [-0.39, 0.29) is 23.8 Å². The third kappa shape index (κ3) is 2.29. The van der Waals surface area contributed by atoms with E-state index in [9.17, 15) is 14.7 Å². The fraction of sp³-hybridized carbons (Fsp3) is 0.833. The molecule has 2 rings (SSSR count). The van der Waals surface area contributed by atoms with E-state index in [1.54, 1.807) is 6.92 Å². The summed E-state index contributed by atoms with van der Waals surface area (Å²) >= 11 is 0. The van der Waals surface area contributed by atoms with E-state index in [0.29, 0.717) is 13.0 Å². The van der Waals surface area contributed by atoms with Crippen LogP contribution in [0.15, 0.2) is 0 Å². The van der Waals surface area contributed by atoms with Crippen LogP contribution in [0.4, 0.5) is 0 Å². The highest BCUT2D eigenvalue weighted by molar-refractivity contribution is 5.88. The van der Waals surface area contributed by atoms with Crippen molar-refractivity contribution in [2.45, 2.75) is 44.8 Å². The molecule has 1 saturated carbocycles. The standard InChI is InChI=1S/C12H19NO4/c1-7-9(5-6-17-7)10(14)13-12(2,11(15)16)8-3-4-8/h7-9H,3-6H2,1-2H3,(H,13,14)(H,15,16). The van der Waals surface area contributed by atoms with Gasteiger partial charge in [-0.1, -0.05) is 0 Å². The predicted molar refractivity (Wildman–Crippen MR) is 60.4 cm³/mol. The van der Waals surface area contributed by atoms with Gasteiger partial charge in [-0.15, -0.1) is 0 Å². The van der Waals surface area contributed by atoms with E-state index in [1.807, 2.05) is 6.92 Å². The van der Waals surface area contributed by atoms with Crippen molar-refractivity contribution in [1.82, 2.24) is 5.32 Å². The first-order valence-corrected chi connectivity index (χ1v) is 6.12. The topological polar surface area (TPSA) is 75.6 Å². The Morgan fingerprint density at radius 1 is 1.35 bits per heavy atom. The molecule has 0 bridgehead atoms. The summed E-state index contributed by atoms with van der Waals surface area (Å²) in [5.74, 6) is -1.28. The molecule has 0 aromatic rings. The zero-order valence-electron chi connectivity index (χ0n) is 10.2. The molecule has 17 heavy (non-hydrogen) atoms. The average molecular weight is 241 g/mol. The Kier molecular flexibility index (Phi) is 3.12. The van der Waals surface area contributed by atoms with Gasteiger partial charge in [-0.2, -0.15) is 0 Å². The Hall–Kier alpha value is -1.10. The quantitative estimate of drug-likeness (QED) is 0.762. The van der Waals surface area contributed by atoms with Crippen LogP contribution in [0.2, 0.25) is 0 Å². The summed E-state index contributed by atoms with van der Waals surface area (Å²) in [6.07, 6.45) is 2.31. The van der Waals surface area contributed by atoms with Crippen molar-refractivity contribution in [3.63, 3.8) is 0 Å². The van der Waals surface area contributed by atoms with Crippen LogP contribution in [0.3, 0.4) is 0 Å². The average Bonchev–Trinajstić information content (AvgIpc) is 3.01. The number of carboxylic acid groups (broad SMARTS) is 1. The van der Waals surface area contributed by atoms with E-state index >= 15 is 0 Å². The van der Waals surface area contributed by atoms with Crippen LogP contribution in [0.25, 0.3) is 0 Å². The van der Waals surface area contributed by atoms with Gasteiger partial charge in [0, 0.05) is 6.61 Å². The molecule has 1 aliphatic carbocycles. The van der Waals surface area contributed by atoms with Crippen molar-refractivity contribution in [2.24, 2.45) is 11.8 Å². The minimum Gasteiger partial charge on any atom is -0.480 e. The van der Waals surface area contributed by atoms with Gasteiger partial charge < -0.3 is 15.2 Å². The second-order valence-corrected chi connectivity index (χ2v) is 5.24. The van der Waals surface area contributed by atoms with Crippen molar-refractivity contribution in [3.8, 4) is 0 Å². The number of carbonyl (C=O) groups excluding carboxylic acids is 1. The molecule has 2 aliphatic rings. The molecule has 1 heterocycles. The first-order valence-electron chi connectivity index (χ1n) is 6.12. The number of carboxylic acids is 1. The third-order valence-electron chi connectivity index (χ3n) is 3.93. The molecule has 5 nitrogen and oxygen atoms in total. The van der Waals surface area contributed by atoms with E-state index in [1.165, 1.54) is 0 Å². The Bertz CT molecular complexity index is 339. The van der Waals surface area contributed by atoms with Crippen LogP contribution >= 0.6 is 0 Å². The summed E-state index contributed by atoms with van der Waals surface area (Å²) in [6.45, 7) is 4.03. The zero-order chi connectivity index (χ0) is 12.6. The maximum atomic E-state index is 12.1. The molecule has 1 amide bonds. The van der Waals surface area contributed by atoms with Crippen LogP contribution in [-0.2, 0) is 14.3 Å². The van der Waals surface area contributed by atoms with E-state index in [2.05, 4.69) is 5.32 Å². The number of ether oxygens (including phenoxy) is 1.